The van der Waals surface area contributed by atoms with E-state index in [9.17, 15) is 9.59 Å². The Hall–Kier alpha value is -2.14. The van der Waals surface area contributed by atoms with E-state index >= 15 is 0 Å². The van der Waals surface area contributed by atoms with Crippen molar-refractivity contribution < 1.29 is 9.59 Å². The van der Waals surface area contributed by atoms with Crippen LogP contribution in [-0.4, -0.2) is 28.8 Å². The third-order valence-corrected chi connectivity index (χ3v) is 6.59. The lowest BCUT2D eigenvalue weighted by Gasteiger charge is -2.33. The summed E-state index contributed by atoms with van der Waals surface area (Å²) in [5, 5.41) is 3.07. The molecule has 5 heteroatoms. The van der Waals surface area contributed by atoms with Gasteiger partial charge in [0.15, 0.2) is 0 Å². The zero-order valence-corrected chi connectivity index (χ0v) is 17.6. The fraction of sp³-hybridized carbons (Fsp3) is 0.391. The third kappa shape index (κ3) is 3.72. The molecule has 1 aliphatic heterocycles. The molecular weight excluding hydrogens is 416 g/mol. The van der Waals surface area contributed by atoms with Gasteiger partial charge in [-0.15, -0.1) is 0 Å². The number of carbonyl (C=O) groups is 2. The predicted molar refractivity (Wildman–Crippen MR) is 114 cm³/mol. The fourth-order valence-electron chi connectivity index (χ4n) is 4.70. The molecule has 0 aromatic heterocycles. The first-order valence-electron chi connectivity index (χ1n) is 9.99. The lowest BCUT2D eigenvalue weighted by Crippen LogP contribution is -2.47. The molecule has 4 nitrogen and oxygen atoms in total. The second kappa shape index (κ2) is 8.08. The molecular formula is C23H25BrN2O2. The van der Waals surface area contributed by atoms with Crippen LogP contribution < -0.4 is 5.32 Å². The first-order chi connectivity index (χ1) is 13.5. The van der Waals surface area contributed by atoms with Crippen molar-refractivity contribution >= 4 is 33.4 Å². The average Bonchev–Trinajstić information content (AvgIpc) is 3.10. The Morgan fingerprint density at radius 2 is 1.82 bits per heavy atom. The maximum absolute atomic E-state index is 13.3. The highest BCUT2D eigenvalue weighted by Crippen LogP contribution is 2.41. The monoisotopic (exact) mass is 440 g/mol. The molecule has 3 atom stereocenters. The number of hydrogen-bond donors (Lipinski definition) is 1. The number of benzene rings is 2. The van der Waals surface area contributed by atoms with Gasteiger partial charge in [-0.2, -0.15) is 0 Å². The van der Waals surface area contributed by atoms with Gasteiger partial charge in [-0.1, -0.05) is 47.0 Å². The summed E-state index contributed by atoms with van der Waals surface area (Å²) in [6.07, 6.45) is 5.16. The molecule has 1 saturated heterocycles. The summed E-state index contributed by atoms with van der Waals surface area (Å²) in [6.45, 7) is 1.97. The Bertz CT molecular complexity index is 883. The molecule has 3 unspecified atom stereocenters. The number of amides is 2. The van der Waals surface area contributed by atoms with Gasteiger partial charge in [-0.25, -0.2) is 0 Å². The number of carbonyl (C=O) groups excluding carboxylic acids is 2. The van der Waals surface area contributed by atoms with E-state index in [0.29, 0.717) is 11.5 Å². The summed E-state index contributed by atoms with van der Waals surface area (Å²) in [7, 11) is 0. The molecule has 2 amide bonds. The largest absolute Gasteiger partial charge is 0.324 e. The SMILES string of the molecule is Cc1cc(Br)ccc1NC(=O)C1CC2CCCCC2N1C(=O)c1ccccc1. The van der Waals surface area contributed by atoms with Crippen molar-refractivity contribution in [1.82, 2.24) is 4.90 Å². The molecule has 1 aliphatic carbocycles. The minimum absolute atomic E-state index is 0.0253. The second-order valence-corrected chi connectivity index (χ2v) is 8.81. The number of rotatable bonds is 3. The average molecular weight is 441 g/mol. The maximum atomic E-state index is 13.3. The smallest absolute Gasteiger partial charge is 0.254 e. The normalized spacial score (nSPS) is 23.9. The van der Waals surface area contributed by atoms with Gasteiger partial charge in [0.1, 0.15) is 6.04 Å². The van der Waals surface area contributed by atoms with Crippen molar-refractivity contribution in [2.75, 3.05) is 5.32 Å². The number of hydrogen-bond acceptors (Lipinski definition) is 2. The van der Waals surface area contributed by atoms with E-state index in [0.717, 1.165) is 41.4 Å². The highest BCUT2D eigenvalue weighted by Gasteiger charge is 2.47. The number of aryl methyl sites for hydroxylation is 1. The van der Waals surface area contributed by atoms with Gasteiger partial charge in [-0.05, 0) is 68.0 Å². The molecule has 0 radical (unpaired) electrons. The number of halogens is 1. The van der Waals surface area contributed by atoms with Crippen molar-refractivity contribution in [3.05, 3.63) is 64.1 Å². The zero-order valence-electron chi connectivity index (χ0n) is 16.0. The quantitative estimate of drug-likeness (QED) is 0.715. The topological polar surface area (TPSA) is 49.4 Å². The standard InChI is InChI=1S/C23H25BrN2O2/c1-15-13-18(24)11-12-19(15)25-22(27)21-14-17-9-5-6-10-20(17)26(21)23(28)16-7-3-2-4-8-16/h2-4,7-8,11-13,17,20-21H,5-6,9-10,14H2,1H3,(H,25,27). The molecule has 2 aromatic rings. The minimum atomic E-state index is -0.413. The molecule has 28 heavy (non-hydrogen) atoms. The van der Waals surface area contributed by atoms with Gasteiger partial charge in [-0.3, -0.25) is 9.59 Å². The molecule has 0 bridgehead atoms. The predicted octanol–water partition coefficient (Wildman–Crippen LogP) is 5.17. The van der Waals surface area contributed by atoms with Crippen molar-refractivity contribution in [1.29, 1.82) is 0 Å². The van der Waals surface area contributed by atoms with Crippen molar-refractivity contribution in [2.45, 2.75) is 51.1 Å². The van der Waals surface area contributed by atoms with Crippen LogP contribution in [0.4, 0.5) is 5.69 Å². The maximum Gasteiger partial charge on any atom is 0.254 e. The summed E-state index contributed by atoms with van der Waals surface area (Å²) in [5.74, 6) is 0.315. The summed E-state index contributed by atoms with van der Waals surface area (Å²) < 4.78 is 0.982. The summed E-state index contributed by atoms with van der Waals surface area (Å²) in [4.78, 5) is 28.4. The number of anilines is 1. The molecule has 2 aromatic carbocycles. The summed E-state index contributed by atoms with van der Waals surface area (Å²) in [6, 6.07) is 14.9. The lowest BCUT2D eigenvalue weighted by molar-refractivity contribution is -0.120. The molecule has 2 fully saturated rings. The van der Waals surface area contributed by atoms with Gasteiger partial charge in [0.2, 0.25) is 5.91 Å². The van der Waals surface area contributed by atoms with Crippen LogP contribution in [-0.2, 0) is 4.79 Å². The number of likely N-dealkylation sites (tertiary alicyclic amines) is 1. The number of fused-ring (bicyclic) bond motifs is 1. The van der Waals surface area contributed by atoms with Crippen LogP contribution in [0.2, 0.25) is 0 Å². The highest BCUT2D eigenvalue weighted by atomic mass is 79.9. The van der Waals surface area contributed by atoms with E-state index in [1.165, 1.54) is 6.42 Å². The van der Waals surface area contributed by atoms with Gasteiger partial charge in [0.05, 0.1) is 0 Å². The number of nitrogens with zero attached hydrogens (tertiary/aromatic N) is 1. The Morgan fingerprint density at radius 1 is 1.07 bits per heavy atom. The van der Waals surface area contributed by atoms with E-state index in [4.69, 9.17) is 0 Å². The summed E-state index contributed by atoms with van der Waals surface area (Å²) in [5.41, 5.74) is 2.46. The molecule has 1 saturated carbocycles. The molecule has 2 aliphatic rings. The van der Waals surface area contributed by atoms with Crippen LogP contribution >= 0.6 is 15.9 Å². The van der Waals surface area contributed by atoms with Gasteiger partial charge in [0, 0.05) is 21.8 Å². The molecule has 4 rings (SSSR count). The second-order valence-electron chi connectivity index (χ2n) is 7.89. The first kappa shape index (κ1) is 19.2. The van der Waals surface area contributed by atoms with Gasteiger partial charge in [0.25, 0.3) is 5.91 Å². The fourth-order valence-corrected chi connectivity index (χ4v) is 5.17. The van der Waals surface area contributed by atoms with Crippen LogP contribution in [0, 0.1) is 12.8 Å². The van der Waals surface area contributed by atoms with E-state index in [2.05, 4.69) is 21.2 Å². The van der Waals surface area contributed by atoms with Gasteiger partial charge < -0.3 is 10.2 Å². The number of nitrogens with one attached hydrogen (secondary N) is 1. The molecule has 1 heterocycles. The van der Waals surface area contributed by atoms with E-state index in [1.54, 1.807) is 0 Å². The molecule has 0 spiro atoms. The van der Waals surface area contributed by atoms with Crippen molar-refractivity contribution in [3.8, 4) is 0 Å². The van der Waals surface area contributed by atoms with Crippen LogP contribution in [0.25, 0.3) is 0 Å². The highest BCUT2D eigenvalue weighted by molar-refractivity contribution is 9.10. The molecule has 1 N–H and O–H groups in total. The van der Waals surface area contributed by atoms with Crippen molar-refractivity contribution in [3.63, 3.8) is 0 Å². The van der Waals surface area contributed by atoms with E-state index in [1.807, 2.05) is 60.4 Å². The zero-order chi connectivity index (χ0) is 19.7. The summed E-state index contributed by atoms with van der Waals surface area (Å²) >= 11 is 3.46. The Morgan fingerprint density at radius 3 is 2.57 bits per heavy atom. The van der Waals surface area contributed by atoms with E-state index < -0.39 is 6.04 Å². The van der Waals surface area contributed by atoms with Crippen LogP contribution in [0.5, 0.6) is 0 Å². The Kier molecular flexibility index (Phi) is 5.54. The van der Waals surface area contributed by atoms with Crippen LogP contribution in [0.15, 0.2) is 53.0 Å². The first-order valence-corrected chi connectivity index (χ1v) is 10.8. The Balaban J connectivity index is 1.61. The van der Waals surface area contributed by atoms with Crippen LogP contribution in [0.1, 0.15) is 48.0 Å². The van der Waals surface area contributed by atoms with Crippen molar-refractivity contribution in [2.24, 2.45) is 5.92 Å². The third-order valence-electron chi connectivity index (χ3n) is 6.09. The lowest BCUT2D eigenvalue weighted by atomic mass is 9.84. The minimum Gasteiger partial charge on any atom is -0.324 e. The molecule has 146 valence electrons. The van der Waals surface area contributed by atoms with Crippen LogP contribution in [0.3, 0.4) is 0 Å². The van der Waals surface area contributed by atoms with E-state index in [-0.39, 0.29) is 17.9 Å². The Labute approximate surface area is 174 Å². The van der Waals surface area contributed by atoms with Gasteiger partial charge >= 0.3 is 0 Å².